The number of nitrogens with one attached hydrogen (secondary N) is 2. The van der Waals surface area contributed by atoms with E-state index in [0.29, 0.717) is 11.5 Å². The zero-order valence-corrected chi connectivity index (χ0v) is 9.87. The minimum Gasteiger partial charge on any atom is -0.343 e. The second-order valence-electron chi connectivity index (χ2n) is 3.90. The predicted octanol–water partition coefficient (Wildman–Crippen LogP) is 0.678. The molecule has 0 spiro atoms. The summed E-state index contributed by atoms with van der Waals surface area (Å²) in [6, 6.07) is 11.2. The first kappa shape index (κ1) is 11.3. The van der Waals surface area contributed by atoms with Crippen molar-refractivity contribution in [2.75, 3.05) is 0 Å². The summed E-state index contributed by atoms with van der Waals surface area (Å²) in [6.45, 7) is 0.212. The van der Waals surface area contributed by atoms with Gasteiger partial charge in [-0.3, -0.25) is 4.79 Å². The molecule has 0 aliphatic carbocycles. The Bertz CT molecular complexity index is 709. The summed E-state index contributed by atoms with van der Waals surface area (Å²) >= 11 is 0. The number of aromatic nitrogens is 5. The Balaban J connectivity index is 1.77. The molecule has 0 saturated heterocycles. The van der Waals surface area contributed by atoms with Gasteiger partial charge in [-0.2, -0.15) is 5.21 Å². The fraction of sp³-hybridized carbons (Fsp3) is 0.0833. The molecule has 0 aliphatic heterocycles. The van der Waals surface area contributed by atoms with Crippen molar-refractivity contribution in [2.45, 2.75) is 6.54 Å². The predicted molar refractivity (Wildman–Crippen MR) is 67.1 cm³/mol. The lowest BCUT2D eigenvalue weighted by Crippen LogP contribution is -2.24. The third-order valence-corrected chi connectivity index (χ3v) is 2.63. The number of nitrogens with zero attached hydrogens (tertiary/aromatic N) is 4. The van der Waals surface area contributed by atoms with Crippen LogP contribution in [0.15, 0.2) is 36.4 Å². The van der Waals surface area contributed by atoms with Crippen LogP contribution in [0.2, 0.25) is 0 Å². The molecule has 0 fully saturated rings. The number of H-pyrrole nitrogens is 1. The van der Waals surface area contributed by atoms with Gasteiger partial charge in [0.05, 0.1) is 12.1 Å². The normalized spacial score (nSPS) is 10.5. The van der Waals surface area contributed by atoms with Gasteiger partial charge in [-0.15, -0.1) is 10.2 Å². The molecule has 1 amide bonds. The first-order chi connectivity index (χ1) is 9.33. The number of hydrogen-bond acceptors (Lipinski definition) is 5. The van der Waals surface area contributed by atoms with Crippen molar-refractivity contribution in [3.05, 3.63) is 47.9 Å². The van der Waals surface area contributed by atoms with Crippen molar-refractivity contribution >= 4 is 16.8 Å². The Kier molecular flexibility index (Phi) is 2.85. The van der Waals surface area contributed by atoms with Crippen LogP contribution in [0.1, 0.15) is 16.3 Å². The molecular formula is C12H10N6O. The van der Waals surface area contributed by atoms with Gasteiger partial charge in [-0.1, -0.05) is 29.5 Å². The van der Waals surface area contributed by atoms with Gasteiger partial charge in [-0.25, -0.2) is 4.98 Å². The maximum atomic E-state index is 11.9. The molecule has 3 aromatic rings. The van der Waals surface area contributed by atoms with E-state index in [-0.39, 0.29) is 12.5 Å². The van der Waals surface area contributed by atoms with Crippen LogP contribution in [0.5, 0.6) is 0 Å². The molecule has 94 valence electrons. The van der Waals surface area contributed by atoms with Gasteiger partial charge in [-0.05, 0) is 12.1 Å². The third kappa shape index (κ3) is 2.39. The summed E-state index contributed by atoms with van der Waals surface area (Å²) in [5.74, 6) is 0.157. The third-order valence-electron chi connectivity index (χ3n) is 2.63. The highest BCUT2D eigenvalue weighted by atomic mass is 16.1. The van der Waals surface area contributed by atoms with E-state index >= 15 is 0 Å². The minimum atomic E-state index is -0.268. The van der Waals surface area contributed by atoms with Crippen molar-refractivity contribution in [2.24, 2.45) is 0 Å². The average molecular weight is 254 g/mol. The van der Waals surface area contributed by atoms with Crippen molar-refractivity contribution in [1.82, 2.24) is 30.9 Å². The van der Waals surface area contributed by atoms with Gasteiger partial charge in [0.1, 0.15) is 5.69 Å². The van der Waals surface area contributed by atoms with E-state index in [4.69, 9.17) is 0 Å². The smallest absolute Gasteiger partial charge is 0.270 e. The number of carbonyl (C=O) groups excluding carboxylic acids is 1. The highest BCUT2D eigenvalue weighted by Crippen LogP contribution is 2.11. The standard InChI is InChI=1S/C12H10N6O/c19-12(13-7-11-15-17-18-16-11)10-6-5-8-3-1-2-4-9(8)14-10/h1-6H,7H2,(H,13,19)(H,15,16,17,18). The maximum Gasteiger partial charge on any atom is 0.270 e. The van der Waals surface area contributed by atoms with Crippen molar-refractivity contribution < 1.29 is 4.79 Å². The lowest BCUT2D eigenvalue weighted by atomic mass is 10.2. The average Bonchev–Trinajstić information content (AvgIpc) is 2.97. The number of hydrogen-bond donors (Lipinski definition) is 2. The number of aromatic amines is 1. The van der Waals surface area contributed by atoms with E-state index in [1.54, 1.807) is 6.07 Å². The monoisotopic (exact) mass is 254 g/mol. The van der Waals surface area contributed by atoms with Crippen LogP contribution in [-0.4, -0.2) is 31.5 Å². The molecule has 3 rings (SSSR count). The molecule has 2 heterocycles. The molecule has 0 bridgehead atoms. The molecule has 2 aromatic heterocycles. The van der Waals surface area contributed by atoms with Gasteiger partial charge < -0.3 is 5.32 Å². The molecule has 7 heteroatoms. The Morgan fingerprint density at radius 2 is 2.11 bits per heavy atom. The zero-order chi connectivity index (χ0) is 13.1. The fourth-order valence-electron chi connectivity index (χ4n) is 1.70. The second-order valence-corrected chi connectivity index (χ2v) is 3.90. The summed E-state index contributed by atoms with van der Waals surface area (Å²) < 4.78 is 0. The Labute approximate surface area is 108 Å². The van der Waals surface area contributed by atoms with E-state index in [9.17, 15) is 4.79 Å². The Morgan fingerprint density at radius 1 is 1.21 bits per heavy atom. The van der Waals surface area contributed by atoms with Crippen LogP contribution in [-0.2, 0) is 6.54 Å². The number of amides is 1. The largest absolute Gasteiger partial charge is 0.343 e. The van der Waals surface area contributed by atoms with Gasteiger partial charge in [0, 0.05) is 5.39 Å². The van der Waals surface area contributed by atoms with Crippen molar-refractivity contribution in [3.8, 4) is 0 Å². The van der Waals surface area contributed by atoms with Crippen LogP contribution in [0.4, 0.5) is 0 Å². The topological polar surface area (TPSA) is 96.5 Å². The van der Waals surface area contributed by atoms with Crippen LogP contribution in [0, 0.1) is 0 Å². The summed E-state index contributed by atoms with van der Waals surface area (Å²) in [6.07, 6.45) is 0. The maximum absolute atomic E-state index is 11.9. The number of carbonyl (C=O) groups is 1. The molecule has 0 aliphatic rings. The van der Waals surface area contributed by atoms with Gasteiger partial charge in [0.15, 0.2) is 5.82 Å². The summed E-state index contributed by atoms with van der Waals surface area (Å²) in [5, 5.41) is 16.9. The molecule has 2 N–H and O–H groups in total. The molecule has 0 radical (unpaired) electrons. The highest BCUT2D eigenvalue weighted by Gasteiger charge is 2.08. The quantitative estimate of drug-likeness (QED) is 0.716. The molecule has 0 saturated carbocycles. The molecule has 0 unspecified atom stereocenters. The number of rotatable bonds is 3. The number of benzene rings is 1. The van der Waals surface area contributed by atoms with Crippen LogP contribution < -0.4 is 5.32 Å². The van der Waals surface area contributed by atoms with E-state index < -0.39 is 0 Å². The lowest BCUT2D eigenvalue weighted by molar-refractivity contribution is 0.0945. The summed E-state index contributed by atoms with van der Waals surface area (Å²) in [7, 11) is 0. The number of para-hydroxylation sites is 1. The van der Waals surface area contributed by atoms with Crippen molar-refractivity contribution in [3.63, 3.8) is 0 Å². The second kappa shape index (κ2) is 4.81. The molecule has 19 heavy (non-hydrogen) atoms. The first-order valence-corrected chi connectivity index (χ1v) is 5.69. The molecule has 0 atom stereocenters. The van der Waals surface area contributed by atoms with Crippen LogP contribution >= 0.6 is 0 Å². The van der Waals surface area contributed by atoms with Gasteiger partial charge in [0.2, 0.25) is 0 Å². The lowest BCUT2D eigenvalue weighted by Gasteiger charge is -2.03. The zero-order valence-electron chi connectivity index (χ0n) is 9.87. The summed E-state index contributed by atoms with van der Waals surface area (Å²) in [4.78, 5) is 16.2. The number of tetrazole rings is 1. The SMILES string of the molecule is O=C(NCc1nn[nH]n1)c1ccc2ccccc2n1. The molecule has 7 nitrogen and oxygen atoms in total. The fourth-order valence-corrected chi connectivity index (χ4v) is 1.70. The summed E-state index contributed by atoms with van der Waals surface area (Å²) in [5.41, 5.74) is 1.15. The van der Waals surface area contributed by atoms with E-state index in [0.717, 1.165) is 10.9 Å². The van der Waals surface area contributed by atoms with Crippen LogP contribution in [0.25, 0.3) is 10.9 Å². The molecular weight excluding hydrogens is 244 g/mol. The van der Waals surface area contributed by atoms with E-state index in [2.05, 4.69) is 30.9 Å². The van der Waals surface area contributed by atoms with Crippen molar-refractivity contribution in [1.29, 1.82) is 0 Å². The van der Waals surface area contributed by atoms with Gasteiger partial charge >= 0.3 is 0 Å². The minimum absolute atomic E-state index is 0.212. The Morgan fingerprint density at radius 3 is 2.95 bits per heavy atom. The van der Waals surface area contributed by atoms with Crippen LogP contribution in [0.3, 0.4) is 0 Å². The Hall–Kier alpha value is -2.83. The number of fused-ring (bicyclic) bond motifs is 1. The number of pyridine rings is 1. The van der Waals surface area contributed by atoms with E-state index in [1.165, 1.54) is 0 Å². The highest BCUT2D eigenvalue weighted by molar-refractivity contribution is 5.94. The van der Waals surface area contributed by atoms with E-state index in [1.807, 2.05) is 30.3 Å². The first-order valence-electron chi connectivity index (χ1n) is 5.69. The van der Waals surface area contributed by atoms with Gasteiger partial charge in [0.25, 0.3) is 5.91 Å². The molecule has 1 aromatic carbocycles.